The van der Waals surface area contributed by atoms with E-state index in [1.54, 1.807) is 24.1 Å². The molecule has 3 aromatic rings. The molecule has 0 saturated heterocycles. The molecule has 3 atom stereocenters. The summed E-state index contributed by atoms with van der Waals surface area (Å²) in [5.41, 5.74) is 1.89. The number of anilines is 1. The molecule has 1 amide bonds. The Balaban J connectivity index is 1.46. The second-order valence-corrected chi connectivity index (χ2v) is 8.70. The van der Waals surface area contributed by atoms with E-state index >= 15 is 0 Å². The first-order valence-electron chi connectivity index (χ1n) is 11.2. The summed E-state index contributed by atoms with van der Waals surface area (Å²) in [6, 6.07) is 5.47. The molecular formula is C24H25F3N4O4. The third-order valence-electron chi connectivity index (χ3n) is 6.74. The zero-order valence-electron chi connectivity index (χ0n) is 19.4. The Kier molecular flexibility index (Phi) is 5.65. The second-order valence-electron chi connectivity index (χ2n) is 8.70. The van der Waals surface area contributed by atoms with Crippen LogP contribution in [0, 0.1) is 0 Å². The zero-order chi connectivity index (χ0) is 24.9. The molecule has 0 aliphatic carbocycles. The lowest BCUT2D eigenvalue weighted by Crippen LogP contribution is -2.39. The maximum absolute atomic E-state index is 13.9. The predicted octanol–water partition coefficient (Wildman–Crippen LogP) is 4.91. The molecule has 35 heavy (non-hydrogen) atoms. The fourth-order valence-electron chi connectivity index (χ4n) is 4.92. The quantitative estimate of drug-likeness (QED) is 0.560. The number of ether oxygens (including phenoxy) is 2. The molecule has 11 heteroatoms. The minimum absolute atomic E-state index is 0.0439. The van der Waals surface area contributed by atoms with Gasteiger partial charge in [-0.05, 0) is 48.7 Å². The number of benzene rings is 1. The highest BCUT2D eigenvalue weighted by Gasteiger charge is 2.47. The van der Waals surface area contributed by atoms with Gasteiger partial charge < -0.3 is 24.1 Å². The van der Waals surface area contributed by atoms with Gasteiger partial charge in [0.2, 0.25) is 0 Å². The van der Waals surface area contributed by atoms with Crippen molar-refractivity contribution in [2.24, 2.45) is 0 Å². The number of nitrogens with one attached hydrogen (secondary N) is 1. The average molecular weight is 490 g/mol. The largest absolute Gasteiger partial charge is 0.493 e. The summed E-state index contributed by atoms with van der Waals surface area (Å²) in [6.07, 6.45) is -2.85. The van der Waals surface area contributed by atoms with Crippen LogP contribution in [-0.2, 0) is 6.42 Å². The van der Waals surface area contributed by atoms with Crippen LogP contribution in [0.1, 0.15) is 58.8 Å². The molecule has 5 rings (SSSR count). The molecule has 0 radical (unpaired) electrons. The Hall–Kier alpha value is -3.63. The number of rotatable bonds is 4. The Morgan fingerprint density at radius 3 is 2.60 bits per heavy atom. The summed E-state index contributed by atoms with van der Waals surface area (Å²) in [4.78, 5) is 15.1. The third kappa shape index (κ3) is 3.98. The lowest BCUT2D eigenvalue weighted by atomic mass is 9.92. The molecule has 2 aromatic heterocycles. The number of hydrogen-bond donors (Lipinski definition) is 1. The van der Waals surface area contributed by atoms with Crippen LogP contribution in [-0.4, -0.2) is 47.5 Å². The number of fused-ring (bicyclic) bond motifs is 2. The van der Waals surface area contributed by atoms with Gasteiger partial charge in [-0.3, -0.25) is 4.79 Å². The van der Waals surface area contributed by atoms with Gasteiger partial charge >= 0.3 is 6.18 Å². The predicted molar refractivity (Wildman–Crippen MR) is 120 cm³/mol. The smallest absolute Gasteiger partial charge is 0.410 e. The lowest BCUT2D eigenvalue weighted by Gasteiger charge is -2.35. The number of carbonyl (C=O) groups is 1. The molecule has 186 valence electrons. The minimum Gasteiger partial charge on any atom is -0.493 e. The van der Waals surface area contributed by atoms with Gasteiger partial charge in [-0.1, -0.05) is 0 Å². The van der Waals surface area contributed by atoms with Gasteiger partial charge in [0.05, 0.1) is 32.6 Å². The number of alkyl halides is 3. The van der Waals surface area contributed by atoms with Gasteiger partial charge in [0.25, 0.3) is 5.91 Å². The Bertz CT molecular complexity index is 1240. The van der Waals surface area contributed by atoms with Crippen molar-refractivity contribution < 1.29 is 31.9 Å². The highest BCUT2D eigenvalue weighted by Crippen LogP contribution is 2.44. The van der Waals surface area contributed by atoms with E-state index in [9.17, 15) is 18.0 Å². The standard InChI is InChI=1S/C24H25F3N4O4/c1-13-15-10-20(34-3)19(33-2)9-14(15)6-7-30(13)23(32)17-12-22-28-16(18-5-4-8-35-18)11-21(24(25,26)27)31(22)29-17/h4-5,8-10,12-13,16,21,28H,6-7,11H2,1-3H3/t13-,16-,21+/m0/s1. The second kappa shape index (κ2) is 8.54. The van der Waals surface area contributed by atoms with E-state index < -0.39 is 24.2 Å². The Morgan fingerprint density at radius 2 is 1.94 bits per heavy atom. The van der Waals surface area contributed by atoms with E-state index in [4.69, 9.17) is 13.9 Å². The van der Waals surface area contributed by atoms with Gasteiger partial charge in [-0.25, -0.2) is 4.68 Å². The van der Waals surface area contributed by atoms with Crippen LogP contribution in [0.25, 0.3) is 0 Å². The topological polar surface area (TPSA) is 81.8 Å². The highest BCUT2D eigenvalue weighted by atomic mass is 19.4. The van der Waals surface area contributed by atoms with Crippen molar-refractivity contribution in [2.45, 2.75) is 44.1 Å². The molecule has 1 N–H and O–H groups in total. The normalized spacial score (nSPS) is 21.7. The van der Waals surface area contributed by atoms with Crippen LogP contribution in [0.3, 0.4) is 0 Å². The van der Waals surface area contributed by atoms with Crippen LogP contribution < -0.4 is 14.8 Å². The lowest BCUT2D eigenvalue weighted by molar-refractivity contribution is -0.174. The molecule has 0 fully saturated rings. The van der Waals surface area contributed by atoms with Crippen molar-refractivity contribution >= 4 is 11.7 Å². The number of furan rings is 1. The molecule has 4 heterocycles. The summed E-state index contributed by atoms with van der Waals surface area (Å²) in [5, 5.41) is 7.15. The number of hydrogen-bond acceptors (Lipinski definition) is 6. The van der Waals surface area contributed by atoms with Crippen molar-refractivity contribution in [3.05, 3.63) is 59.2 Å². The van der Waals surface area contributed by atoms with Gasteiger partial charge in [0, 0.05) is 19.0 Å². The van der Waals surface area contributed by atoms with E-state index in [0.717, 1.165) is 15.8 Å². The van der Waals surface area contributed by atoms with Gasteiger partial charge in [0.15, 0.2) is 23.2 Å². The molecule has 0 saturated carbocycles. The van der Waals surface area contributed by atoms with Gasteiger partial charge in [-0.15, -0.1) is 0 Å². The summed E-state index contributed by atoms with van der Waals surface area (Å²) < 4.78 is 58.7. The first-order chi connectivity index (χ1) is 16.7. The van der Waals surface area contributed by atoms with E-state index in [-0.39, 0.29) is 24.0 Å². The van der Waals surface area contributed by atoms with E-state index in [1.165, 1.54) is 19.4 Å². The van der Waals surface area contributed by atoms with Crippen molar-refractivity contribution in [3.8, 4) is 11.5 Å². The fraction of sp³-hybridized carbons (Fsp3) is 0.417. The summed E-state index contributed by atoms with van der Waals surface area (Å²) >= 11 is 0. The molecule has 2 aliphatic heterocycles. The van der Waals surface area contributed by atoms with Gasteiger partial charge in [-0.2, -0.15) is 18.3 Å². The molecular weight excluding hydrogens is 465 g/mol. The van der Waals surface area contributed by atoms with E-state index in [0.29, 0.717) is 30.2 Å². The number of nitrogens with zero attached hydrogens (tertiary/aromatic N) is 3. The van der Waals surface area contributed by atoms with E-state index in [2.05, 4.69) is 10.4 Å². The number of amides is 1. The number of methoxy groups -OCH3 is 2. The summed E-state index contributed by atoms with van der Waals surface area (Å²) in [5.74, 6) is 1.24. The first-order valence-corrected chi connectivity index (χ1v) is 11.2. The Labute approximate surface area is 199 Å². The summed E-state index contributed by atoms with van der Waals surface area (Å²) in [7, 11) is 3.10. The Morgan fingerprint density at radius 1 is 1.20 bits per heavy atom. The van der Waals surface area contributed by atoms with Crippen molar-refractivity contribution in [3.63, 3.8) is 0 Å². The number of carbonyl (C=O) groups excluding carboxylic acids is 1. The average Bonchev–Trinajstić information content (AvgIpc) is 3.52. The first kappa shape index (κ1) is 23.1. The van der Waals surface area contributed by atoms with Gasteiger partial charge in [0.1, 0.15) is 11.6 Å². The maximum atomic E-state index is 13.9. The van der Waals surface area contributed by atoms with Crippen LogP contribution in [0.2, 0.25) is 0 Å². The van der Waals surface area contributed by atoms with Crippen LogP contribution >= 0.6 is 0 Å². The maximum Gasteiger partial charge on any atom is 0.410 e. The van der Waals surface area contributed by atoms with Crippen molar-refractivity contribution in [2.75, 3.05) is 26.1 Å². The minimum atomic E-state index is -4.54. The SMILES string of the molecule is COc1cc2c(cc1OC)[C@H](C)N(C(=O)c1cc3n(n1)[C@@H](C(F)(F)F)C[C@@H](c1ccco1)N3)CC2. The zero-order valence-corrected chi connectivity index (χ0v) is 19.4. The van der Waals surface area contributed by atoms with E-state index in [1.807, 2.05) is 19.1 Å². The summed E-state index contributed by atoms with van der Waals surface area (Å²) in [6.45, 7) is 2.28. The van der Waals surface area contributed by atoms with Crippen LogP contribution in [0.15, 0.2) is 41.0 Å². The third-order valence-corrected chi connectivity index (χ3v) is 6.74. The number of aromatic nitrogens is 2. The molecule has 0 spiro atoms. The van der Waals surface area contributed by atoms with Crippen molar-refractivity contribution in [1.82, 2.24) is 14.7 Å². The molecule has 2 aliphatic rings. The number of halogens is 3. The highest BCUT2D eigenvalue weighted by molar-refractivity contribution is 5.93. The molecule has 1 aromatic carbocycles. The molecule has 0 unspecified atom stereocenters. The van der Waals surface area contributed by atoms with Crippen molar-refractivity contribution in [1.29, 1.82) is 0 Å². The van der Waals surface area contributed by atoms with Crippen LogP contribution in [0.4, 0.5) is 19.0 Å². The van der Waals surface area contributed by atoms with Crippen LogP contribution in [0.5, 0.6) is 11.5 Å². The fourth-order valence-corrected chi connectivity index (χ4v) is 4.92. The monoisotopic (exact) mass is 490 g/mol. The molecule has 8 nitrogen and oxygen atoms in total. The molecule has 0 bridgehead atoms.